The lowest BCUT2D eigenvalue weighted by molar-refractivity contribution is 0.127. The van der Waals surface area contributed by atoms with Crippen LogP contribution in [0.25, 0.3) is 0 Å². The van der Waals surface area contributed by atoms with E-state index in [0.29, 0.717) is 12.0 Å². The molecule has 0 saturated heterocycles. The van der Waals surface area contributed by atoms with Gasteiger partial charge in [0.2, 0.25) is 0 Å². The molecule has 1 atom stereocenters. The SMILES string of the molecule is CCOCC(Nc1ccc(N)c(C)c1)C(C)C. The molecule has 1 aromatic carbocycles. The van der Waals surface area contributed by atoms with Crippen LogP contribution in [0, 0.1) is 12.8 Å². The predicted molar refractivity (Wildman–Crippen MR) is 74.3 cm³/mol. The van der Waals surface area contributed by atoms with Gasteiger partial charge in [0, 0.05) is 18.0 Å². The molecule has 17 heavy (non-hydrogen) atoms. The second kappa shape index (κ2) is 6.50. The fourth-order valence-corrected chi connectivity index (χ4v) is 1.63. The van der Waals surface area contributed by atoms with Crippen molar-refractivity contribution in [3.8, 4) is 0 Å². The zero-order chi connectivity index (χ0) is 12.8. The summed E-state index contributed by atoms with van der Waals surface area (Å²) in [6.45, 7) is 9.92. The van der Waals surface area contributed by atoms with Gasteiger partial charge in [0.1, 0.15) is 0 Å². The smallest absolute Gasteiger partial charge is 0.0670 e. The molecule has 1 rings (SSSR count). The van der Waals surface area contributed by atoms with Gasteiger partial charge in [-0.3, -0.25) is 0 Å². The molecule has 3 N–H and O–H groups in total. The van der Waals surface area contributed by atoms with Crippen LogP contribution in [0.5, 0.6) is 0 Å². The fraction of sp³-hybridized carbons (Fsp3) is 0.571. The predicted octanol–water partition coefficient (Wildman–Crippen LogP) is 3.05. The first-order chi connectivity index (χ1) is 8.04. The molecule has 0 aliphatic carbocycles. The number of aryl methyl sites for hydroxylation is 1. The van der Waals surface area contributed by atoms with Gasteiger partial charge < -0.3 is 15.8 Å². The average molecular weight is 236 g/mol. The maximum Gasteiger partial charge on any atom is 0.0670 e. The quantitative estimate of drug-likeness (QED) is 0.746. The number of nitrogen functional groups attached to an aromatic ring is 1. The largest absolute Gasteiger partial charge is 0.399 e. The van der Waals surface area contributed by atoms with Crippen LogP contribution in [0.15, 0.2) is 18.2 Å². The maximum atomic E-state index is 5.81. The Morgan fingerprint density at radius 2 is 2.06 bits per heavy atom. The van der Waals surface area contributed by atoms with E-state index < -0.39 is 0 Å². The Labute approximate surface area is 104 Å². The molecule has 0 radical (unpaired) electrons. The number of hydrogen-bond donors (Lipinski definition) is 2. The summed E-state index contributed by atoms with van der Waals surface area (Å²) in [4.78, 5) is 0. The molecule has 0 fully saturated rings. The number of hydrogen-bond acceptors (Lipinski definition) is 3. The van der Waals surface area contributed by atoms with E-state index in [0.717, 1.165) is 30.2 Å². The minimum atomic E-state index is 0.331. The summed E-state index contributed by atoms with van der Waals surface area (Å²) in [6.07, 6.45) is 0. The summed E-state index contributed by atoms with van der Waals surface area (Å²) < 4.78 is 5.50. The van der Waals surface area contributed by atoms with Gasteiger partial charge in [0.15, 0.2) is 0 Å². The summed E-state index contributed by atoms with van der Waals surface area (Å²) in [5, 5.41) is 3.50. The van der Waals surface area contributed by atoms with Crippen molar-refractivity contribution >= 4 is 11.4 Å². The van der Waals surface area contributed by atoms with Gasteiger partial charge in [-0.05, 0) is 43.5 Å². The van der Waals surface area contributed by atoms with E-state index >= 15 is 0 Å². The fourth-order valence-electron chi connectivity index (χ4n) is 1.63. The minimum absolute atomic E-state index is 0.331. The zero-order valence-electron chi connectivity index (χ0n) is 11.3. The monoisotopic (exact) mass is 236 g/mol. The van der Waals surface area contributed by atoms with Gasteiger partial charge >= 0.3 is 0 Å². The molecule has 0 aromatic heterocycles. The topological polar surface area (TPSA) is 47.3 Å². The highest BCUT2D eigenvalue weighted by molar-refractivity contribution is 5.57. The summed E-state index contributed by atoms with van der Waals surface area (Å²) in [5.74, 6) is 0.527. The van der Waals surface area contributed by atoms with Gasteiger partial charge in [-0.2, -0.15) is 0 Å². The Bertz CT molecular complexity index is 350. The van der Waals surface area contributed by atoms with Crippen LogP contribution in [0.2, 0.25) is 0 Å². The number of benzene rings is 1. The van der Waals surface area contributed by atoms with E-state index in [1.54, 1.807) is 0 Å². The molecule has 96 valence electrons. The highest BCUT2D eigenvalue weighted by Crippen LogP contribution is 2.19. The van der Waals surface area contributed by atoms with Crippen molar-refractivity contribution in [3.63, 3.8) is 0 Å². The maximum absolute atomic E-state index is 5.81. The summed E-state index contributed by atoms with van der Waals surface area (Å²) in [6, 6.07) is 6.37. The van der Waals surface area contributed by atoms with E-state index in [-0.39, 0.29) is 0 Å². The van der Waals surface area contributed by atoms with Gasteiger partial charge in [-0.15, -0.1) is 0 Å². The summed E-state index contributed by atoms with van der Waals surface area (Å²) in [7, 11) is 0. The first-order valence-corrected chi connectivity index (χ1v) is 6.25. The van der Waals surface area contributed by atoms with Crippen molar-refractivity contribution in [2.45, 2.75) is 33.7 Å². The molecular weight excluding hydrogens is 212 g/mol. The van der Waals surface area contributed by atoms with E-state index in [1.807, 2.05) is 26.0 Å². The number of nitrogens with one attached hydrogen (secondary N) is 1. The molecule has 1 aromatic rings. The van der Waals surface area contributed by atoms with E-state index in [1.165, 1.54) is 0 Å². The zero-order valence-corrected chi connectivity index (χ0v) is 11.3. The molecule has 0 spiro atoms. The van der Waals surface area contributed by atoms with E-state index in [4.69, 9.17) is 10.5 Å². The number of nitrogens with two attached hydrogens (primary N) is 1. The lowest BCUT2D eigenvalue weighted by Gasteiger charge is -2.23. The number of rotatable bonds is 6. The molecule has 0 aliphatic heterocycles. The third kappa shape index (κ3) is 4.27. The van der Waals surface area contributed by atoms with Crippen LogP contribution >= 0.6 is 0 Å². The molecule has 0 bridgehead atoms. The Kier molecular flexibility index (Phi) is 5.29. The number of anilines is 2. The summed E-state index contributed by atoms with van der Waals surface area (Å²) >= 11 is 0. The Hall–Kier alpha value is -1.22. The molecule has 0 aliphatic rings. The third-order valence-corrected chi connectivity index (χ3v) is 2.93. The highest BCUT2D eigenvalue weighted by Gasteiger charge is 2.13. The molecule has 0 heterocycles. The molecule has 0 saturated carbocycles. The number of ether oxygens (including phenoxy) is 1. The van der Waals surface area contributed by atoms with Gasteiger partial charge in [0.25, 0.3) is 0 Å². The molecule has 0 amide bonds. The Morgan fingerprint density at radius 3 is 2.59 bits per heavy atom. The second-order valence-electron chi connectivity index (χ2n) is 4.73. The van der Waals surface area contributed by atoms with Crippen molar-refractivity contribution in [2.24, 2.45) is 5.92 Å². The van der Waals surface area contributed by atoms with Crippen LogP contribution in [-0.2, 0) is 4.74 Å². The average Bonchev–Trinajstić information content (AvgIpc) is 2.28. The van der Waals surface area contributed by atoms with Crippen LogP contribution in [0.4, 0.5) is 11.4 Å². The first kappa shape index (κ1) is 13.8. The molecule has 1 unspecified atom stereocenters. The normalized spacial score (nSPS) is 12.8. The van der Waals surface area contributed by atoms with Gasteiger partial charge in [-0.1, -0.05) is 13.8 Å². The van der Waals surface area contributed by atoms with Crippen LogP contribution in [0.1, 0.15) is 26.3 Å². The van der Waals surface area contributed by atoms with Crippen LogP contribution in [-0.4, -0.2) is 19.3 Å². The van der Waals surface area contributed by atoms with E-state index in [2.05, 4.69) is 25.2 Å². The standard InChI is InChI=1S/C14H24N2O/c1-5-17-9-14(10(2)3)16-12-6-7-13(15)11(4)8-12/h6-8,10,14,16H,5,9,15H2,1-4H3. The van der Waals surface area contributed by atoms with Crippen LogP contribution in [0.3, 0.4) is 0 Å². The molecule has 3 nitrogen and oxygen atoms in total. The molecule has 3 heteroatoms. The second-order valence-corrected chi connectivity index (χ2v) is 4.73. The van der Waals surface area contributed by atoms with Crippen molar-refractivity contribution in [2.75, 3.05) is 24.3 Å². The highest BCUT2D eigenvalue weighted by atomic mass is 16.5. The van der Waals surface area contributed by atoms with Gasteiger partial charge in [0.05, 0.1) is 12.6 Å². The Morgan fingerprint density at radius 1 is 1.35 bits per heavy atom. The summed E-state index contributed by atoms with van der Waals surface area (Å²) in [5.41, 5.74) is 8.85. The van der Waals surface area contributed by atoms with Crippen molar-refractivity contribution in [3.05, 3.63) is 23.8 Å². The van der Waals surface area contributed by atoms with Crippen LogP contribution < -0.4 is 11.1 Å². The lowest BCUT2D eigenvalue weighted by Crippen LogP contribution is -2.30. The van der Waals surface area contributed by atoms with Crippen molar-refractivity contribution in [1.82, 2.24) is 0 Å². The first-order valence-electron chi connectivity index (χ1n) is 6.25. The van der Waals surface area contributed by atoms with Crippen molar-refractivity contribution in [1.29, 1.82) is 0 Å². The van der Waals surface area contributed by atoms with Crippen molar-refractivity contribution < 1.29 is 4.74 Å². The molecular formula is C14H24N2O. The Balaban J connectivity index is 2.68. The van der Waals surface area contributed by atoms with Gasteiger partial charge in [-0.25, -0.2) is 0 Å². The lowest BCUT2D eigenvalue weighted by atomic mass is 10.0. The van der Waals surface area contributed by atoms with E-state index in [9.17, 15) is 0 Å². The third-order valence-electron chi connectivity index (χ3n) is 2.93. The minimum Gasteiger partial charge on any atom is -0.399 e.